The van der Waals surface area contributed by atoms with E-state index in [0.29, 0.717) is 23.5 Å². The maximum absolute atomic E-state index is 13.2. The van der Waals surface area contributed by atoms with E-state index in [-0.39, 0.29) is 25.4 Å². The Morgan fingerprint density at radius 3 is 2.79 bits per heavy atom. The predicted molar refractivity (Wildman–Crippen MR) is 70.6 cm³/mol. The number of anilines is 2. The predicted octanol–water partition coefficient (Wildman–Crippen LogP) is 1.86. The van der Waals surface area contributed by atoms with Crippen LogP contribution < -0.4 is 16.0 Å². The molecule has 1 saturated heterocycles. The first-order chi connectivity index (χ1) is 8.93. The third kappa shape index (κ3) is 2.94. The summed E-state index contributed by atoms with van der Waals surface area (Å²) < 4.78 is 26.3. The molecule has 4 nitrogen and oxygen atoms in total. The number of hydrogen-bond donors (Lipinski definition) is 2. The van der Waals surface area contributed by atoms with Crippen LogP contribution in [0.3, 0.4) is 0 Å². The molecule has 104 valence electrons. The van der Waals surface area contributed by atoms with Gasteiger partial charge in [-0.2, -0.15) is 0 Å². The zero-order chi connectivity index (χ0) is 14.0. The number of carbonyl (C=O) groups is 1. The number of rotatable bonds is 3. The Balaban J connectivity index is 2.18. The van der Waals surface area contributed by atoms with Crippen molar-refractivity contribution in [3.05, 3.63) is 23.8 Å². The van der Waals surface area contributed by atoms with Crippen molar-refractivity contribution < 1.29 is 13.6 Å². The average molecular weight is 269 g/mol. The maximum Gasteiger partial charge on any atom is 0.266 e. The van der Waals surface area contributed by atoms with Crippen LogP contribution in [0.4, 0.5) is 20.2 Å². The Morgan fingerprint density at radius 1 is 1.53 bits per heavy atom. The number of alkyl halides is 2. The molecule has 0 saturated carbocycles. The summed E-state index contributed by atoms with van der Waals surface area (Å²) in [5.74, 6) is -2.88. The van der Waals surface area contributed by atoms with Crippen molar-refractivity contribution in [2.24, 2.45) is 0 Å². The van der Waals surface area contributed by atoms with Gasteiger partial charge < -0.3 is 16.0 Å². The molecule has 6 heteroatoms. The molecule has 3 N–H and O–H groups in total. The van der Waals surface area contributed by atoms with Crippen molar-refractivity contribution in [3.63, 3.8) is 0 Å². The molecule has 1 amide bonds. The number of nitrogen functional groups attached to an aromatic ring is 1. The van der Waals surface area contributed by atoms with E-state index in [1.54, 1.807) is 17.0 Å². The summed E-state index contributed by atoms with van der Waals surface area (Å²) in [6.07, 6.45) is -0.162. The van der Waals surface area contributed by atoms with Gasteiger partial charge in [0.05, 0.1) is 17.9 Å². The zero-order valence-corrected chi connectivity index (χ0v) is 10.7. The molecular weight excluding hydrogens is 252 g/mol. The van der Waals surface area contributed by atoms with Gasteiger partial charge in [0.15, 0.2) is 0 Å². The normalized spacial score (nSPS) is 17.5. The lowest BCUT2D eigenvalue weighted by atomic mass is 10.1. The van der Waals surface area contributed by atoms with Crippen LogP contribution >= 0.6 is 0 Å². The molecule has 0 unspecified atom stereocenters. The highest BCUT2D eigenvalue weighted by Crippen LogP contribution is 2.34. The highest BCUT2D eigenvalue weighted by atomic mass is 19.3. The molecule has 0 aromatic heterocycles. The van der Waals surface area contributed by atoms with Crippen LogP contribution in [0, 0.1) is 0 Å². The highest BCUT2D eigenvalue weighted by molar-refractivity contribution is 5.96. The first kappa shape index (κ1) is 13.6. The Kier molecular flexibility index (Phi) is 3.59. The first-order valence-corrected chi connectivity index (χ1v) is 6.23. The summed E-state index contributed by atoms with van der Waals surface area (Å²) in [6, 6.07) is 4.76. The van der Waals surface area contributed by atoms with E-state index in [0.717, 1.165) is 0 Å². The van der Waals surface area contributed by atoms with Crippen molar-refractivity contribution in [2.45, 2.75) is 19.3 Å². The van der Waals surface area contributed by atoms with Gasteiger partial charge in [-0.15, -0.1) is 0 Å². The van der Waals surface area contributed by atoms with Crippen molar-refractivity contribution >= 4 is 17.3 Å². The summed E-state index contributed by atoms with van der Waals surface area (Å²) in [7, 11) is 0. The second-order valence-corrected chi connectivity index (χ2v) is 4.66. The fraction of sp³-hybridized carbons (Fsp3) is 0.462. The second-order valence-electron chi connectivity index (χ2n) is 4.66. The van der Waals surface area contributed by atoms with Crippen LogP contribution in [0.1, 0.15) is 23.7 Å². The summed E-state index contributed by atoms with van der Waals surface area (Å²) in [5.41, 5.74) is 7.21. The largest absolute Gasteiger partial charge is 0.397 e. The van der Waals surface area contributed by atoms with Crippen molar-refractivity contribution in [3.8, 4) is 0 Å². The summed E-state index contributed by atoms with van der Waals surface area (Å²) in [4.78, 5) is 13.2. The lowest BCUT2D eigenvalue weighted by Crippen LogP contribution is -2.26. The second kappa shape index (κ2) is 5.03. The van der Waals surface area contributed by atoms with Crippen LogP contribution in [0.25, 0.3) is 0 Å². The van der Waals surface area contributed by atoms with Gasteiger partial charge in [0, 0.05) is 25.1 Å². The topological polar surface area (TPSA) is 58.4 Å². The van der Waals surface area contributed by atoms with Gasteiger partial charge in [0.2, 0.25) is 0 Å². The first-order valence-electron chi connectivity index (χ1n) is 6.23. The van der Waals surface area contributed by atoms with Gasteiger partial charge in [-0.1, -0.05) is 0 Å². The Hall–Kier alpha value is -1.85. The van der Waals surface area contributed by atoms with E-state index >= 15 is 0 Å². The maximum atomic E-state index is 13.2. The quantitative estimate of drug-likeness (QED) is 0.823. The molecule has 0 spiro atoms. The minimum atomic E-state index is -2.66. The van der Waals surface area contributed by atoms with Gasteiger partial charge in [0.1, 0.15) is 0 Å². The summed E-state index contributed by atoms with van der Waals surface area (Å²) >= 11 is 0. The Morgan fingerprint density at radius 2 is 2.26 bits per heavy atom. The molecule has 2 rings (SSSR count). The fourth-order valence-corrected chi connectivity index (χ4v) is 2.19. The standard InChI is InChI=1S/C13H17F2N3O/c1-2-17-12(19)9-3-4-11(10(16)7-9)18-6-5-13(14,15)8-18/h3-4,7H,2,5-6,8,16H2,1H3,(H,17,19). The molecule has 1 fully saturated rings. The molecule has 1 aliphatic heterocycles. The van der Waals surface area contributed by atoms with Crippen LogP contribution in [-0.4, -0.2) is 31.5 Å². The number of amides is 1. The number of benzene rings is 1. The molecule has 0 atom stereocenters. The molecule has 1 aromatic carbocycles. The van der Waals surface area contributed by atoms with Crippen LogP contribution in [0.2, 0.25) is 0 Å². The Bertz CT molecular complexity index is 491. The Labute approximate surface area is 110 Å². The van der Waals surface area contributed by atoms with E-state index in [2.05, 4.69) is 5.32 Å². The SMILES string of the molecule is CCNC(=O)c1ccc(N2CCC(F)(F)C2)c(N)c1. The fourth-order valence-electron chi connectivity index (χ4n) is 2.19. The van der Waals surface area contributed by atoms with Crippen molar-refractivity contribution in [2.75, 3.05) is 30.3 Å². The zero-order valence-electron chi connectivity index (χ0n) is 10.7. The van der Waals surface area contributed by atoms with Crippen LogP contribution in [0.5, 0.6) is 0 Å². The molecule has 0 radical (unpaired) electrons. The molecule has 1 heterocycles. The monoisotopic (exact) mass is 269 g/mol. The number of nitrogens with zero attached hydrogens (tertiary/aromatic N) is 1. The van der Waals surface area contributed by atoms with E-state index in [1.807, 2.05) is 6.92 Å². The van der Waals surface area contributed by atoms with E-state index in [9.17, 15) is 13.6 Å². The number of hydrogen-bond acceptors (Lipinski definition) is 3. The minimum absolute atomic E-state index is 0.162. The number of halogens is 2. The molecule has 0 aliphatic carbocycles. The van der Waals surface area contributed by atoms with E-state index < -0.39 is 5.92 Å². The summed E-state index contributed by atoms with van der Waals surface area (Å²) in [5, 5.41) is 2.66. The van der Waals surface area contributed by atoms with Crippen molar-refractivity contribution in [1.82, 2.24) is 5.32 Å². The lowest BCUT2D eigenvalue weighted by Gasteiger charge is -2.20. The highest BCUT2D eigenvalue weighted by Gasteiger charge is 2.38. The number of nitrogens with two attached hydrogens (primary N) is 1. The van der Waals surface area contributed by atoms with Gasteiger partial charge in [-0.3, -0.25) is 4.79 Å². The smallest absolute Gasteiger partial charge is 0.266 e. The van der Waals surface area contributed by atoms with Crippen LogP contribution in [0.15, 0.2) is 18.2 Å². The minimum Gasteiger partial charge on any atom is -0.397 e. The molecule has 1 aromatic rings. The molecular formula is C13H17F2N3O. The molecule has 19 heavy (non-hydrogen) atoms. The van der Waals surface area contributed by atoms with E-state index in [1.165, 1.54) is 6.07 Å². The third-order valence-corrected chi connectivity index (χ3v) is 3.14. The molecule has 0 bridgehead atoms. The van der Waals surface area contributed by atoms with Crippen LogP contribution in [-0.2, 0) is 0 Å². The van der Waals surface area contributed by atoms with E-state index in [4.69, 9.17) is 5.73 Å². The number of carbonyl (C=O) groups excluding carboxylic acids is 1. The third-order valence-electron chi connectivity index (χ3n) is 3.14. The lowest BCUT2D eigenvalue weighted by molar-refractivity contribution is 0.0257. The van der Waals surface area contributed by atoms with Crippen molar-refractivity contribution in [1.29, 1.82) is 0 Å². The average Bonchev–Trinajstić information content (AvgIpc) is 2.69. The number of nitrogens with one attached hydrogen (secondary N) is 1. The van der Waals surface area contributed by atoms with Gasteiger partial charge in [0.25, 0.3) is 11.8 Å². The van der Waals surface area contributed by atoms with Gasteiger partial charge in [-0.25, -0.2) is 8.78 Å². The van der Waals surface area contributed by atoms with Gasteiger partial charge >= 0.3 is 0 Å². The van der Waals surface area contributed by atoms with Gasteiger partial charge in [-0.05, 0) is 25.1 Å². The molecule has 1 aliphatic rings. The summed E-state index contributed by atoms with van der Waals surface area (Å²) in [6.45, 7) is 2.30.